The van der Waals surface area contributed by atoms with E-state index >= 15 is 0 Å². The van der Waals surface area contributed by atoms with Crippen molar-refractivity contribution in [1.29, 1.82) is 0 Å². The van der Waals surface area contributed by atoms with Crippen molar-refractivity contribution in [2.75, 3.05) is 33.0 Å². The third kappa shape index (κ3) is 4.92. The number of hydrogen-bond donors (Lipinski definition) is 0. The molecule has 3 heterocycles. The van der Waals surface area contributed by atoms with E-state index in [0.29, 0.717) is 38.0 Å². The van der Waals surface area contributed by atoms with Crippen molar-refractivity contribution in [3.8, 4) is 0 Å². The zero-order valence-electron chi connectivity index (χ0n) is 16.8. The molecule has 2 saturated heterocycles. The number of nitrogens with zero attached hydrogens (tertiary/aromatic N) is 3. The van der Waals surface area contributed by atoms with E-state index in [4.69, 9.17) is 14.0 Å². The Labute approximate surface area is 167 Å². The molecule has 3 aliphatic rings. The molecule has 7 nitrogen and oxygen atoms in total. The number of amides is 1. The molecule has 1 saturated carbocycles. The molecule has 0 radical (unpaired) electrons. The summed E-state index contributed by atoms with van der Waals surface area (Å²) in [4.78, 5) is 19.6. The van der Waals surface area contributed by atoms with Crippen molar-refractivity contribution in [3.05, 3.63) is 11.7 Å². The van der Waals surface area contributed by atoms with E-state index in [1.165, 1.54) is 25.7 Å². The van der Waals surface area contributed by atoms with E-state index in [1.807, 2.05) is 4.90 Å². The molecule has 0 N–H and O–H groups in total. The maximum atomic E-state index is 13.0. The Hall–Kier alpha value is -1.47. The lowest BCUT2D eigenvalue weighted by Crippen LogP contribution is -2.43. The Bertz CT molecular complexity index is 623. The number of piperidine rings is 1. The van der Waals surface area contributed by atoms with Gasteiger partial charge < -0.3 is 18.9 Å². The largest absolute Gasteiger partial charge is 0.381 e. The van der Waals surface area contributed by atoms with Gasteiger partial charge in [-0.1, -0.05) is 18.0 Å². The topological polar surface area (TPSA) is 77.7 Å². The lowest BCUT2D eigenvalue weighted by atomic mass is 9.94. The molecule has 1 amide bonds. The van der Waals surface area contributed by atoms with Crippen LogP contribution in [-0.4, -0.2) is 53.9 Å². The lowest BCUT2D eigenvalue weighted by molar-refractivity contribution is -0.143. The molecule has 1 aromatic heterocycles. The Balaban J connectivity index is 1.30. The summed E-state index contributed by atoms with van der Waals surface area (Å²) in [7, 11) is 0. The Morgan fingerprint density at radius 3 is 2.68 bits per heavy atom. The van der Waals surface area contributed by atoms with Gasteiger partial charge in [-0.2, -0.15) is 4.98 Å². The summed E-state index contributed by atoms with van der Waals surface area (Å²) >= 11 is 0. The number of likely N-dealkylation sites (tertiary alicyclic amines) is 1. The molecule has 1 aromatic rings. The second-order valence-corrected chi connectivity index (χ2v) is 8.45. The minimum atomic E-state index is -0.0789. The van der Waals surface area contributed by atoms with Gasteiger partial charge in [0.2, 0.25) is 11.8 Å². The Kier molecular flexibility index (Phi) is 6.96. The minimum absolute atomic E-state index is 0.0701. The smallest absolute Gasteiger partial charge is 0.249 e. The first-order chi connectivity index (χ1) is 13.8. The zero-order chi connectivity index (χ0) is 19.2. The summed E-state index contributed by atoms with van der Waals surface area (Å²) < 4.78 is 16.8. The van der Waals surface area contributed by atoms with Gasteiger partial charge >= 0.3 is 0 Å². The predicted octanol–water partition coefficient (Wildman–Crippen LogP) is 3.30. The van der Waals surface area contributed by atoms with Crippen molar-refractivity contribution >= 4 is 5.91 Å². The summed E-state index contributed by atoms with van der Waals surface area (Å²) in [5, 5.41) is 4.14. The van der Waals surface area contributed by atoms with Crippen LogP contribution in [0.25, 0.3) is 0 Å². The molecule has 1 aliphatic carbocycles. The average molecular weight is 392 g/mol. The molecule has 2 aliphatic heterocycles. The number of aromatic nitrogens is 2. The molecule has 0 aromatic carbocycles. The third-order valence-electron chi connectivity index (χ3n) is 6.42. The molecular weight excluding hydrogens is 358 g/mol. The van der Waals surface area contributed by atoms with Gasteiger partial charge in [0.05, 0.1) is 6.61 Å². The van der Waals surface area contributed by atoms with Crippen molar-refractivity contribution in [3.63, 3.8) is 0 Å². The van der Waals surface area contributed by atoms with Gasteiger partial charge in [0.15, 0.2) is 5.82 Å². The van der Waals surface area contributed by atoms with Gasteiger partial charge in [-0.15, -0.1) is 0 Å². The normalized spacial score (nSPS) is 24.7. The second-order valence-electron chi connectivity index (χ2n) is 8.45. The molecule has 1 atom stereocenters. The van der Waals surface area contributed by atoms with Crippen LogP contribution in [0.3, 0.4) is 0 Å². The first-order valence-electron chi connectivity index (χ1n) is 11.1. The fourth-order valence-electron chi connectivity index (χ4n) is 4.73. The van der Waals surface area contributed by atoms with Gasteiger partial charge in [0, 0.05) is 38.7 Å². The van der Waals surface area contributed by atoms with Crippen molar-refractivity contribution < 1.29 is 18.8 Å². The van der Waals surface area contributed by atoms with Crippen molar-refractivity contribution in [2.24, 2.45) is 11.8 Å². The highest BCUT2D eigenvalue weighted by Gasteiger charge is 2.35. The highest BCUT2D eigenvalue weighted by molar-refractivity contribution is 5.79. The number of carbonyl (C=O) groups is 1. The molecule has 4 rings (SSSR count). The molecule has 3 fully saturated rings. The van der Waals surface area contributed by atoms with E-state index in [0.717, 1.165) is 51.2 Å². The van der Waals surface area contributed by atoms with E-state index in [-0.39, 0.29) is 17.9 Å². The van der Waals surface area contributed by atoms with E-state index in [1.54, 1.807) is 0 Å². The fourth-order valence-corrected chi connectivity index (χ4v) is 4.73. The third-order valence-corrected chi connectivity index (χ3v) is 6.42. The van der Waals surface area contributed by atoms with Crippen LogP contribution in [0.15, 0.2) is 4.52 Å². The first kappa shape index (κ1) is 19.8. The molecular formula is C21H33N3O4. The maximum Gasteiger partial charge on any atom is 0.249 e. The van der Waals surface area contributed by atoms with Crippen LogP contribution in [0, 0.1) is 11.8 Å². The predicted molar refractivity (Wildman–Crippen MR) is 103 cm³/mol. The molecule has 1 unspecified atom stereocenters. The first-order valence-corrected chi connectivity index (χ1v) is 11.1. The average Bonchev–Trinajstić information content (AvgIpc) is 3.43. The Morgan fingerprint density at radius 2 is 1.86 bits per heavy atom. The minimum Gasteiger partial charge on any atom is -0.381 e. The molecule has 0 bridgehead atoms. The van der Waals surface area contributed by atoms with Crippen LogP contribution < -0.4 is 0 Å². The van der Waals surface area contributed by atoms with Crippen LogP contribution in [0.1, 0.15) is 75.5 Å². The second kappa shape index (κ2) is 9.83. The van der Waals surface area contributed by atoms with E-state index < -0.39 is 0 Å². The maximum absolute atomic E-state index is 13.0. The van der Waals surface area contributed by atoms with Gasteiger partial charge in [-0.25, -0.2) is 0 Å². The lowest BCUT2D eigenvalue weighted by Gasteiger charge is -2.36. The van der Waals surface area contributed by atoms with Gasteiger partial charge in [-0.05, 0) is 50.9 Å². The van der Waals surface area contributed by atoms with Gasteiger partial charge in [0.1, 0.15) is 6.04 Å². The summed E-state index contributed by atoms with van der Waals surface area (Å²) in [6, 6.07) is -0.0789. The van der Waals surface area contributed by atoms with Crippen LogP contribution in [0.2, 0.25) is 0 Å². The number of hydrogen-bond acceptors (Lipinski definition) is 6. The van der Waals surface area contributed by atoms with E-state index in [2.05, 4.69) is 10.1 Å². The van der Waals surface area contributed by atoms with Crippen LogP contribution in [-0.2, 0) is 20.7 Å². The van der Waals surface area contributed by atoms with E-state index in [9.17, 15) is 4.79 Å². The quantitative estimate of drug-likeness (QED) is 0.664. The number of ether oxygens (including phenoxy) is 2. The molecule has 28 heavy (non-hydrogen) atoms. The SMILES string of the molecule is O=C(C1CCOCC1)N1CCCCC1c1nc(CCOCC2CCCC2)no1. The van der Waals surface area contributed by atoms with Crippen LogP contribution in [0.5, 0.6) is 0 Å². The summed E-state index contributed by atoms with van der Waals surface area (Å²) in [6.07, 6.45) is 10.6. The van der Waals surface area contributed by atoms with Crippen molar-refractivity contribution in [1.82, 2.24) is 15.0 Å². The standard InChI is InChI=1S/C21H33N3O4/c25-21(17-8-12-26-13-9-17)24-11-4-3-7-18(24)20-22-19(23-28-20)10-14-27-15-16-5-1-2-6-16/h16-18H,1-15H2. The molecule has 0 spiro atoms. The summed E-state index contributed by atoms with van der Waals surface area (Å²) in [6.45, 7) is 3.62. The van der Waals surface area contributed by atoms with Crippen LogP contribution >= 0.6 is 0 Å². The zero-order valence-corrected chi connectivity index (χ0v) is 16.8. The number of rotatable bonds is 7. The Morgan fingerprint density at radius 1 is 1.07 bits per heavy atom. The van der Waals surface area contributed by atoms with Crippen LogP contribution in [0.4, 0.5) is 0 Å². The van der Waals surface area contributed by atoms with Crippen molar-refractivity contribution in [2.45, 2.75) is 70.3 Å². The molecule has 7 heteroatoms. The fraction of sp³-hybridized carbons (Fsp3) is 0.857. The van der Waals surface area contributed by atoms with Gasteiger partial charge in [0.25, 0.3) is 0 Å². The highest BCUT2D eigenvalue weighted by atomic mass is 16.5. The van der Waals surface area contributed by atoms with Gasteiger partial charge in [-0.3, -0.25) is 4.79 Å². The molecule has 156 valence electrons. The number of carbonyl (C=O) groups excluding carboxylic acids is 1. The summed E-state index contributed by atoms with van der Waals surface area (Å²) in [5.74, 6) is 2.30. The monoisotopic (exact) mass is 391 g/mol. The highest BCUT2D eigenvalue weighted by Crippen LogP contribution is 2.32. The summed E-state index contributed by atoms with van der Waals surface area (Å²) in [5.41, 5.74) is 0.